The smallest absolute Gasteiger partial charge is 0.759 e. The molecule has 0 aromatic rings. The van der Waals surface area contributed by atoms with E-state index in [-0.39, 0.29) is 36.3 Å². The molecule has 41 valence electrons. The van der Waals surface area contributed by atoms with Crippen LogP contribution in [0.1, 0.15) is 0 Å². The summed E-state index contributed by atoms with van der Waals surface area (Å²) >= 11 is 0. The summed E-state index contributed by atoms with van der Waals surface area (Å²) in [6, 6.07) is 0. The largest absolute Gasteiger partial charge is 2.00 e. The van der Waals surface area contributed by atoms with Crippen LogP contribution in [0.15, 0.2) is 0 Å². The maximum Gasteiger partial charge on any atom is 2.00 e. The van der Waals surface area contributed by atoms with E-state index >= 15 is 0 Å². The van der Waals surface area contributed by atoms with Crippen molar-refractivity contribution in [1.29, 1.82) is 0 Å². The van der Waals surface area contributed by atoms with Crippen molar-refractivity contribution in [2.24, 2.45) is 0 Å². The Kier molecular flexibility index (Phi) is 11.5. The maximum atomic E-state index is 8.52. The number of hydrogen-bond acceptors (Lipinski definition) is 4. The van der Waals surface area contributed by atoms with Crippen LogP contribution in [-0.2, 0) is 46.7 Å². The van der Waals surface area contributed by atoms with E-state index in [9.17, 15) is 0 Å². The minimum atomic E-state index is -5.17. The summed E-state index contributed by atoms with van der Waals surface area (Å²) in [6.45, 7) is 0. The zero-order chi connectivity index (χ0) is 4.50. The van der Waals surface area contributed by atoms with Crippen molar-refractivity contribution in [3.05, 3.63) is 0 Å². The average Bonchev–Trinajstić information content (AvgIpc) is 0.722. The van der Waals surface area contributed by atoms with Gasteiger partial charge in [-0.05, 0) is 0 Å². The van der Waals surface area contributed by atoms with Crippen LogP contribution in [0.2, 0.25) is 0 Å². The van der Waals surface area contributed by atoms with Gasteiger partial charge in [0, 0.05) is 27.2 Å². The predicted molar refractivity (Wildman–Crippen MR) is 10.5 cm³/mol. The third-order valence-electron chi connectivity index (χ3n) is 0. The topological polar surface area (TPSA) is 80.3 Å². The Balaban J connectivity index is -0.0000000800. The van der Waals surface area contributed by atoms with Gasteiger partial charge in [0.25, 0.3) is 0 Å². The molecular formula is CoO4SZn. The fraction of sp³-hybridized carbons (Fsp3) is 0. The molecule has 0 unspecified atom stereocenters. The molecule has 7 heavy (non-hydrogen) atoms. The summed E-state index contributed by atoms with van der Waals surface area (Å²) in [4.78, 5) is 0. The Bertz CT molecular complexity index is 94.9. The van der Waals surface area contributed by atoms with Crippen molar-refractivity contribution < 1.29 is 53.8 Å². The zero-order valence-electron chi connectivity index (χ0n) is 3.08. The van der Waals surface area contributed by atoms with Crippen molar-refractivity contribution in [3.63, 3.8) is 0 Å². The van der Waals surface area contributed by atoms with E-state index in [1.165, 1.54) is 0 Å². The van der Waals surface area contributed by atoms with Crippen molar-refractivity contribution >= 4 is 10.4 Å². The molecule has 0 atom stereocenters. The molecule has 0 N–H and O–H groups in total. The fourth-order valence-electron chi connectivity index (χ4n) is 0. The Morgan fingerprint density at radius 2 is 1.14 bits per heavy atom. The van der Waals surface area contributed by atoms with Gasteiger partial charge in [-0.3, -0.25) is 8.42 Å². The Hall–Kier alpha value is 1.000. The van der Waals surface area contributed by atoms with Crippen molar-refractivity contribution in [1.82, 2.24) is 0 Å². The molecule has 0 fully saturated rings. The first-order valence-electron chi connectivity index (χ1n) is 0.667. The standard InChI is InChI=1S/Co.H2O4S.Zn/c;1-5(2,3)4;/h;(H2,1,2,3,4);/q;;+2/p-2. The zero-order valence-corrected chi connectivity index (χ0v) is 7.91. The second kappa shape index (κ2) is 5.14. The molecule has 0 spiro atoms. The molecule has 0 bridgehead atoms. The molecule has 0 heterocycles. The normalized spacial score (nSPS) is 8.29. The first kappa shape index (κ1) is 15.7. The summed E-state index contributed by atoms with van der Waals surface area (Å²) in [5, 5.41) is 0. The molecule has 0 amide bonds. The van der Waals surface area contributed by atoms with Gasteiger partial charge in [-0.25, -0.2) is 0 Å². The minimum absolute atomic E-state index is 0. The third-order valence-corrected chi connectivity index (χ3v) is 0. The third kappa shape index (κ3) is 175. The summed E-state index contributed by atoms with van der Waals surface area (Å²) in [5.41, 5.74) is 0. The summed E-state index contributed by atoms with van der Waals surface area (Å²) in [7, 11) is -5.17. The van der Waals surface area contributed by atoms with Crippen LogP contribution < -0.4 is 0 Å². The van der Waals surface area contributed by atoms with Gasteiger partial charge >= 0.3 is 19.5 Å². The molecule has 4 nitrogen and oxygen atoms in total. The van der Waals surface area contributed by atoms with Crippen molar-refractivity contribution in [2.75, 3.05) is 0 Å². The van der Waals surface area contributed by atoms with Gasteiger partial charge < -0.3 is 9.11 Å². The SMILES string of the molecule is O=S(=O)([O-])[O-].[Co].[Zn+2]. The van der Waals surface area contributed by atoms with E-state index in [0.29, 0.717) is 0 Å². The van der Waals surface area contributed by atoms with E-state index < -0.39 is 10.4 Å². The molecule has 0 rings (SSSR count). The van der Waals surface area contributed by atoms with Gasteiger partial charge in [0.2, 0.25) is 0 Å². The first-order valence-corrected chi connectivity index (χ1v) is 2.00. The number of rotatable bonds is 0. The fourth-order valence-corrected chi connectivity index (χ4v) is 0. The van der Waals surface area contributed by atoms with Crippen LogP contribution >= 0.6 is 0 Å². The monoisotopic (exact) mass is 219 g/mol. The Labute approximate surface area is 64.2 Å². The summed E-state index contributed by atoms with van der Waals surface area (Å²) in [5.74, 6) is 0. The molecule has 0 aromatic carbocycles. The summed E-state index contributed by atoms with van der Waals surface area (Å²) < 4.78 is 34.1. The molecule has 0 aliphatic rings. The number of hydrogen-bond donors (Lipinski definition) is 0. The second-order valence-electron chi connectivity index (χ2n) is 0.408. The Morgan fingerprint density at radius 3 is 1.14 bits per heavy atom. The minimum Gasteiger partial charge on any atom is -0.759 e. The van der Waals surface area contributed by atoms with Gasteiger partial charge in [0.05, 0.1) is 0 Å². The molecule has 0 saturated heterocycles. The van der Waals surface area contributed by atoms with E-state index in [2.05, 4.69) is 0 Å². The molecule has 1 radical (unpaired) electrons. The molecule has 7 heteroatoms. The molecule has 0 aromatic heterocycles. The maximum absolute atomic E-state index is 8.52. The first-order chi connectivity index (χ1) is 2.00. The average molecular weight is 220 g/mol. The van der Waals surface area contributed by atoms with E-state index in [1.807, 2.05) is 0 Å². The quantitative estimate of drug-likeness (QED) is 0.287. The van der Waals surface area contributed by atoms with Crippen LogP contribution in [0.25, 0.3) is 0 Å². The Morgan fingerprint density at radius 1 is 1.14 bits per heavy atom. The van der Waals surface area contributed by atoms with E-state index in [4.69, 9.17) is 17.5 Å². The summed E-state index contributed by atoms with van der Waals surface area (Å²) in [6.07, 6.45) is 0. The van der Waals surface area contributed by atoms with Crippen LogP contribution in [0.3, 0.4) is 0 Å². The van der Waals surface area contributed by atoms with E-state index in [0.717, 1.165) is 0 Å². The molecule has 0 saturated carbocycles. The molecule has 0 aliphatic carbocycles. The van der Waals surface area contributed by atoms with Gasteiger partial charge in [0.15, 0.2) is 0 Å². The van der Waals surface area contributed by atoms with Crippen molar-refractivity contribution in [2.45, 2.75) is 0 Å². The second-order valence-corrected chi connectivity index (χ2v) is 1.22. The molecule has 0 aliphatic heterocycles. The van der Waals surface area contributed by atoms with Crippen LogP contribution in [-0.4, -0.2) is 17.5 Å². The molecular weight excluding hydrogens is 220 g/mol. The van der Waals surface area contributed by atoms with Gasteiger partial charge in [0.1, 0.15) is 0 Å². The van der Waals surface area contributed by atoms with Crippen molar-refractivity contribution in [3.8, 4) is 0 Å². The predicted octanol–water partition coefficient (Wildman–Crippen LogP) is -1.34. The van der Waals surface area contributed by atoms with Crippen LogP contribution in [0.5, 0.6) is 0 Å². The van der Waals surface area contributed by atoms with E-state index in [1.54, 1.807) is 0 Å². The van der Waals surface area contributed by atoms with Gasteiger partial charge in [-0.15, -0.1) is 0 Å². The van der Waals surface area contributed by atoms with Crippen LogP contribution in [0, 0.1) is 0 Å². The van der Waals surface area contributed by atoms with Crippen LogP contribution in [0.4, 0.5) is 0 Å². The van der Waals surface area contributed by atoms with Gasteiger partial charge in [-0.1, -0.05) is 0 Å². The van der Waals surface area contributed by atoms with Gasteiger partial charge in [-0.2, -0.15) is 0 Å².